The summed E-state index contributed by atoms with van der Waals surface area (Å²) in [6, 6.07) is 0.292. The highest BCUT2D eigenvalue weighted by Gasteiger charge is 2.28. The van der Waals surface area contributed by atoms with E-state index in [-0.39, 0.29) is 23.3 Å². The molecule has 3 rings (SSSR count). The maximum atomic E-state index is 14.3. The fourth-order valence-electron chi connectivity index (χ4n) is 3.19. The lowest BCUT2D eigenvalue weighted by molar-refractivity contribution is -0.133. The summed E-state index contributed by atoms with van der Waals surface area (Å²) in [5.74, 6) is -4.44. The lowest BCUT2D eigenvalue weighted by atomic mass is 10.1. The molecule has 0 unspecified atom stereocenters. The van der Waals surface area contributed by atoms with Crippen molar-refractivity contribution >= 4 is 45.9 Å². The van der Waals surface area contributed by atoms with Gasteiger partial charge >= 0.3 is 12.0 Å². The number of carboxylic acid groups (broad SMARTS) is 1. The van der Waals surface area contributed by atoms with E-state index in [1.807, 2.05) is 0 Å². The average Bonchev–Trinajstić information content (AvgIpc) is 3.30. The SMILES string of the molecule is O=C(O)CSc1cnc(NC(=O)N(CC2CCCC2)c2c(F)cc(F)cc2F)s1. The normalized spacial score (nSPS) is 14.2. The standard InChI is InChI=1S/C18H18F3N3O3S2/c19-11-5-12(20)16(13(21)6-11)24(8-10-3-1-2-4-10)18(27)23-17-22-7-15(29-17)28-9-14(25)26/h5-7,10H,1-4,8-9H2,(H,25,26)(H,22,23,27). The number of hydrogen-bond acceptors (Lipinski definition) is 5. The van der Waals surface area contributed by atoms with Crippen molar-refractivity contribution in [3.63, 3.8) is 0 Å². The summed E-state index contributed by atoms with van der Waals surface area (Å²) in [6.07, 6.45) is 5.04. The summed E-state index contributed by atoms with van der Waals surface area (Å²) < 4.78 is 42.6. The van der Waals surface area contributed by atoms with Crippen molar-refractivity contribution in [1.29, 1.82) is 0 Å². The summed E-state index contributed by atoms with van der Waals surface area (Å²) in [6.45, 7) is 0.0945. The van der Waals surface area contributed by atoms with Gasteiger partial charge in [-0.05, 0) is 18.8 Å². The minimum atomic E-state index is -1.16. The van der Waals surface area contributed by atoms with Crippen LogP contribution in [0.25, 0.3) is 0 Å². The monoisotopic (exact) mass is 445 g/mol. The predicted octanol–water partition coefficient (Wildman–Crippen LogP) is 4.97. The number of thiazole rings is 1. The fourth-order valence-corrected chi connectivity index (χ4v) is 4.78. The van der Waals surface area contributed by atoms with E-state index in [9.17, 15) is 22.8 Å². The molecule has 1 aliphatic rings. The number of aliphatic carboxylic acids is 1. The molecule has 1 aromatic carbocycles. The van der Waals surface area contributed by atoms with Crippen LogP contribution in [0.15, 0.2) is 22.5 Å². The number of aromatic nitrogens is 1. The van der Waals surface area contributed by atoms with E-state index in [4.69, 9.17) is 5.11 Å². The molecular weight excluding hydrogens is 427 g/mol. The van der Waals surface area contributed by atoms with E-state index >= 15 is 0 Å². The van der Waals surface area contributed by atoms with Gasteiger partial charge in [0.15, 0.2) is 16.8 Å². The number of nitrogens with one attached hydrogen (secondary N) is 1. The van der Waals surface area contributed by atoms with E-state index in [2.05, 4.69) is 10.3 Å². The molecule has 1 fully saturated rings. The first-order valence-corrected chi connectivity index (χ1v) is 10.7. The second-order valence-electron chi connectivity index (χ2n) is 6.58. The summed E-state index contributed by atoms with van der Waals surface area (Å²) >= 11 is 2.10. The molecule has 1 aliphatic carbocycles. The van der Waals surface area contributed by atoms with E-state index in [1.165, 1.54) is 6.20 Å². The van der Waals surface area contributed by atoms with Crippen molar-refractivity contribution in [2.75, 3.05) is 22.5 Å². The van der Waals surface area contributed by atoms with Crippen LogP contribution in [0.5, 0.6) is 0 Å². The lowest BCUT2D eigenvalue weighted by Crippen LogP contribution is -2.39. The van der Waals surface area contributed by atoms with Gasteiger partial charge in [0.1, 0.15) is 11.5 Å². The number of carboxylic acids is 1. The highest BCUT2D eigenvalue weighted by atomic mass is 32.2. The summed E-state index contributed by atoms with van der Waals surface area (Å²) in [5.41, 5.74) is -0.604. The van der Waals surface area contributed by atoms with Gasteiger partial charge in [-0.15, -0.1) is 11.8 Å². The van der Waals surface area contributed by atoms with Crippen molar-refractivity contribution in [2.45, 2.75) is 29.9 Å². The third kappa shape index (κ3) is 5.63. The van der Waals surface area contributed by atoms with Crippen LogP contribution < -0.4 is 10.2 Å². The molecule has 1 heterocycles. The number of carbonyl (C=O) groups is 2. The molecule has 0 spiro atoms. The number of benzene rings is 1. The quantitative estimate of drug-likeness (QED) is 0.589. The summed E-state index contributed by atoms with van der Waals surface area (Å²) in [5, 5.41) is 11.4. The van der Waals surface area contributed by atoms with Crippen molar-refractivity contribution in [3.8, 4) is 0 Å². The number of hydrogen-bond donors (Lipinski definition) is 2. The van der Waals surface area contributed by atoms with Gasteiger partial charge in [-0.3, -0.25) is 15.0 Å². The Morgan fingerprint density at radius 2 is 1.90 bits per heavy atom. The zero-order valence-corrected chi connectivity index (χ0v) is 16.8. The van der Waals surface area contributed by atoms with Gasteiger partial charge in [-0.1, -0.05) is 24.2 Å². The zero-order chi connectivity index (χ0) is 21.0. The number of rotatable bonds is 7. The van der Waals surface area contributed by atoms with Crippen LogP contribution in [0.4, 0.5) is 28.8 Å². The number of amides is 2. The van der Waals surface area contributed by atoms with Gasteiger partial charge in [0.05, 0.1) is 16.2 Å². The molecule has 0 atom stereocenters. The van der Waals surface area contributed by atoms with Gasteiger partial charge in [0, 0.05) is 18.7 Å². The van der Waals surface area contributed by atoms with Gasteiger partial charge < -0.3 is 5.11 Å². The minimum Gasteiger partial charge on any atom is -0.481 e. The number of halogens is 3. The van der Waals surface area contributed by atoms with Gasteiger partial charge in [0.2, 0.25) is 0 Å². The van der Waals surface area contributed by atoms with Crippen molar-refractivity contribution in [2.24, 2.45) is 5.92 Å². The average molecular weight is 445 g/mol. The Morgan fingerprint density at radius 3 is 2.52 bits per heavy atom. The highest BCUT2D eigenvalue weighted by Crippen LogP contribution is 2.32. The topological polar surface area (TPSA) is 82.5 Å². The second kappa shape index (κ2) is 9.49. The molecule has 6 nitrogen and oxygen atoms in total. The van der Waals surface area contributed by atoms with Crippen molar-refractivity contribution in [1.82, 2.24) is 4.98 Å². The molecule has 156 valence electrons. The third-order valence-corrected chi connectivity index (χ3v) is 6.54. The van der Waals surface area contributed by atoms with E-state index < -0.39 is 35.1 Å². The number of nitrogens with zero attached hydrogens (tertiary/aromatic N) is 2. The van der Waals surface area contributed by atoms with Crippen LogP contribution in [-0.4, -0.2) is 34.4 Å². The Kier molecular flexibility index (Phi) is 7.01. The molecular formula is C18H18F3N3O3S2. The Hall–Kier alpha value is -2.27. The number of urea groups is 1. The summed E-state index contributed by atoms with van der Waals surface area (Å²) in [7, 11) is 0. The Labute approximate surface area is 173 Å². The van der Waals surface area contributed by atoms with Crippen LogP contribution in [0.1, 0.15) is 25.7 Å². The van der Waals surface area contributed by atoms with Crippen LogP contribution in [0.3, 0.4) is 0 Å². The first kappa shape index (κ1) is 21.4. The maximum absolute atomic E-state index is 14.3. The van der Waals surface area contributed by atoms with Gasteiger partial charge in [-0.2, -0.15) is 0 Å². The molecule has 2 N–H and O–H groups in total. The summed E-state index contributed by atoms with van der Waals surface area (Å²) in [4.78, 5) is 28.4. The first-order chi connectivity index (χ1) is 13.8. The van der Waals surface area contributed by atoms with Gasteiger partial charge in [0.25, 0.3) is 0 Å². The zero-order valence-electron chi connectivity index (χ0n) is 15.2. The minimum absolute atomic E-state index is 0.0857. The molecule has 2 amide bonds. The Balaban J connectivity index is 1.80. The molecule has 0 aliphatic heterocycles. The molecule has 29 heavy (non-hydrogen) atoms. The van der Waals surface area contributed by atoms with Crippen LogP contribution in [-0.2, 0) is 4.79 Å². The molecule has 11 heteroatoms. The number of anilines is 2. The lowest BCUT2D eigenvalue weighted by Gasteiger charge is -2.26. The molecule has 2 aromatic rings. The van der Waals surface area contributed by atoms with Crippen LogP contribution in [0, 0.1) is 23.4 Å². The molecule has 1 aromatic heterocycles. The van der Waals surface area contributed by atoms with Crippen molar-refractivity contribution < 1.29 is 27.9 Å². The van der Waals surface area contributed by atoms with Gasteiger partial charge in [-0.25, -0.2) is 22.9 Å². The van der Waals surface area contributed by atoms with Crippen LogP contribution >= 0.6 is 23.1 Å². The maximum Gasteiger partial charge on any atom is 0.328 e. The smallest absolute Gasteiger partial charge is 0.328 e. The van der Waals surface area contributed by atoms with E-state index in [0.717, 1.165) is 53.7 Å². The van der Waals surface area contributed by atoms with E-state index in [0.29, 0.717) is 16.3 Å². The molecule has 0 saturated heterocycles. The van der Waals surface area contributed by atoms with Crippen molar-refractivity contribution in [3.05, 3.63) is 35.8 Å². The predicted molar refractivity (Wildman–Crippen MR) is 105 cm³/mol. The first-order valence-electron chi connectivity index (χ1n) is 8.87. The van der Waals surface area contributed by atoms with E-state index in [1.54, 1.807) is 0 Å². The highest BCUT2D eigenvalue weighted by molar-refractivity contribution is 8.01. The fraction of sp³-hybridized carbons (Fsp3) is 0.389. The largest absolute Gasteiger partial charge is 0.481 e. The molecule has 0 bridgehead atoms. The third-order valence-electron chi connectivity index (χ3n) is 4.45. The second-order valence-corrected chi connectivity index (χ2v) is 8.88. The Morgan fingerprint density at radius 1 is 1.24 bits per heavy atom. The Bertz CT molecular complexity index is 880. The molecule has 0 radical (unpaired) electrons. The number of thioether (sulfide) groups is 1. The number of carbonyl (C=O) groups excluding carboxylic acids is 1. The van der Waals surface area contributed by atoms with Crippen LogP contribution in [0.2, 0.25) is 0 Å². The molecule has 1 saturated carbocycles.